The normalized spacial score (nSPS) is 37.7. The molecule has 56 valence electrons. The van der Waals surface area contributed by atoms with Crippen LogP contribution >= 0.6 is 34.4 Å². The molecule has 0 saturated carbocycles. The summed E-state index contributed by atoms with van der Waals surface area (Å²) in [5.41, 5.74) is 0. The summed E-state index contributed by atoms with van der Waals surface area (Å²) >= 11 is 4.35. The Labute approximate surface area is 77.9 Å². The standard InChI is InChI=1S/C6H8INOS/c7-2-4-3-8-5(9)1-6(8)10-4/h4,6H,1-3H2/t4?,6-/m1/s1. The van der Waals surface area contributed by atoms with Gasteiger partial charge in [0.2, 0.25) is 5.91 Å². The Hall–Kier alpha value is 0.550. The molecule has 2 rings (SSSR count). The summed E-state index contributed by atoms with van der Waals surface area (Å²) in [7, 11) is 0. The minimum atomic E-state index is 0.352. The van der Waals surface area contributed by atoms with E-state index in [1.807, 2.05) is 16.7 Å². The van der Waals surface area contributed by atoms with Crippen LogP contribution in [0.15, 0.2) is 0 Å². The van der Waals surface area contributed by atoms with Crippen molar-refractivity contribution in [2.75, 3.05) is 11.0 Å². The third-order valence-electron chi connectivity index (χ3n) is 1.94. The monoisotopic (exact) mass is 269 g/mol. The first kappa shape index (κ1) is 7.21. The molecule has 0 aromatic carbocycles. The fourth-order valence-electron chi connectivity index (χ4n) is 1.34. The van der Waals surface area contributed by atoms with Crippen LogP contribution < -0.4 is 0 Å². The molecule has 2 atom stereocenters. The molecule has 4 heteroatoms. The van der Waals surface area contributed by atoms with Crippen molar-refractivity contribution in [2.45, 2.75) is 17.0 Å². The van der Waals surface area contributed by atoms with Gasteiger partial charge in [-0.2, -0.15) is 0 Å². The number of alkyl halides is 1. The maximum absolute atomic E-state index is 10.9. The van der Waals surface area contributed by atoms with Crippen LogP contribution in [0.25, 0.3) is 0 Å². The number of carbonyl (C=O) groups is 1. The van der Waals surface area contributed by atoms with Crippen LogP contribution in [-0.4, -0.2) is 32.4 Å². The largest absolute Gasteiger partial charge is 0.329 e. The van der Waals surface area contributed by atoms with Crippen molar-refractivity contribution in [1.82, 2.24) is 4.90 Å². The second-order valence-corrected chi connectivity index (χ2v) is 4.98. The fraction of sp³-hybridized carbons (Fsp3) is 0.833. The molecule has 1 amide bonds. The third-order valence-corrected chi connectivity index (χ3v) is 5.04. The van der Waals surface area contributed by atoms with Crippen molar-refractivity contribution in [3.8, 4) is 0 Å². The lowest BCUT2D eigenvalue weighted by Gasteiger charge is -2.32. The van der Waals surface area contributed by atoms with E-state index in [9.17, 15) is 4.79 Å². The van der Waals surface area contributed by atoms with E-state index in [0.29, 0.717) is 16.5 Å². The SMILES string of the molecule is O=C1C[C@H]2SC(CI)CN12. The van der Waals surface area contributed by atoms with Gasteiger partial charge in [-0.1, -0.05) is 22.6 Å². The molecule has 2 heterocycles. The molecule has 0 spiro atoms. The number of hydrogen-bond acceptors (Lipinski definition) is 2. The number of amides is 1. The molecule has 2 fully saturated rings. The lowest BCUT2D eigenvalue weighted by atomic mass is 10.2. The number of rotatable bonds is 1. The van der Waals surface area contributed by atoms with Crippen LogP contribution in [0.2, 0.25) is 0 Å². The lowest BCUT2D eigenvalue weighted by Crippen LogP contribution is -2.47. The van der Waals surface area contributed by atoms with Crippen LogP contribution in [0.5, 0.6) is 0 Å². The topological polar surface area (TPSA) is 20.3 Å². The van der Waals surface area contributed by atoms with E-state index in [2.05, 4.69) is 22.6 Å². The zero-order valence-electron chi connectivity index (χ0n) is 5.42. The van der Waals surface area contributed by atoms with Crippen LogP contribution in [0.1, 0.15) is 6.42 Å². The van der Waals surface area contributed by atoms with Crippen LogP contribution in [0, 0.1) is 0 Å². The van der Waals surface area contributed by atoms with Gasteiger partial charge < -0.3 is 4.90 Å². The Bertz CT molecular complexity index is 175. The molecule has 2 nitrogen and oxygen atoms in total. The van der Waals surface area contributed by atoms with Crippen molar-refractivity contribution in [2.24, 2.45) is 0 Å². The van der Waals surface area contributed by atoms with E-state index in [0.717, 1.165) is 13.0 Å². The van der Waals surface area contributed by atoms with Crippen molar-refractivity contribution >= 4 is 40.3 Å². The molecule has 0 aromatic heterocycles. The molecule has 2 saturated heterocycles. The van der Waals surface area contributed by atoms with Crippen LogP contribution in [0.3, 0.4) is 0 Å². The van der Waals surface area contributed by atoms with Gasteiger partial charge in [-0.25, -0.2) is 0 Å². The molecule has 0 aromatic rings. The zero-order valence-corrected chi connectivity index (χ0v) is 8.39. The predicted octanol–water partition coefficient (Wildman–Crippen LogP) is 1.10. The number of halogens is 1. The first-order chi connectivity index (χ1) is 4.81. The average molecular weight is 269 g/mol. The summed E-state index contributed by atoms with van der Waals surface area (Å²) in [5.74, 6) is 0.352. The highest BCUT2D eigenvalue weighted by atomic mass is 127. The minimum absolute atomic E-state index is 0.352. The van der Waals surface area contributed by atoms with E-state index in [1.54, 1.807) is 0 Å². The number of fused-ring (bicyclic) bond motifs is 1. The average Bonchev–Trinajstić information content (AvgIpc) is 2.26. The summed E-state index contributed by atoms with van der Waals surface area (Å²) in [6, 6.07) is 0. The van der Waals surface area contributed by atoms with Crippen molar-refractivity contribution in [1.29, 1.82) is 0 Å². The van der Waals surface area contributed by atoms with Crippen molar-refractivity contribution < 1.29 is 4.79 Å². The first-order valence-electron chi connectivity index (χ1n) is 3.32. The van der Waals surface area contributed by atoms with E-state index >= 15 is 0 Å². The first-order valence-corrected chi connectivity index (χ1v) is 5.79. The van der Waals surface area contributed by atoms with Gasteiger partial charge in [0, 0.05) is 16.2 Å². The van der Waals surface area contributed by atoms with Crippen LogP contribution in [-0.2, 0) is 4.79 Å². The molecule has 10 heavy (non-hydrogen) atoms. The zero-order chi connectivity index (χ0) is 7.14. The molecule has 0 N–H and O–H groups in total. The Morgan fingerprint density at radius 3 is 3.10 bits per heavy atom. The van der Waals surface area contributed by atoms with Gasteiger partial charge >= 0.3 is 0 Å². The maximum Gasteiger partial charge on any atom is 0.226 e. The molecular formula is C6H8INOS. The van der Waals surface area contributed by atoms with E-state index in [1.165, 1.54) is 4.43 Å². The molecule has 2 aliphatic rings. The summed E-state index contributed by atoms with van der Waals surface area (Å²) in [5, 5.41) is 1.25. The molecule has 1 unspecified atom stereocenters. The number of hydrogen-bond donors (Lipinski definition) is 0. The smallest absolute Gasteiger partial charge is 0.226 e. The van der Waals surface area contributed by atoms with Crippen molar-refractivity contribution in [3.05, 3.63) is 0 Å². The van der Waals surface area contributed by atoms with Crippen LogP contribution in [0.4, 0.5) is 0 Å². The van der Waals surface area contributed by atoms with Gasteiger partial charge in [0.15, 0.2) is 0 Å². The summed E-state index contributed by atoms with van der Waals surface area (Å²) in [4.78, 5) is 12.9. The van der Waals surface area contributed by atoms with Crippen molar-refractivity contribution in [3.63, 3.8) is 0 Å². The number of thioether (sulfide) groups is 1. The Kier molecular flexibility index (Phi) is 1.84. The number of β-lactam (4-membered cyclic amide) rings is 1. The highest BCUT2D eigenvalue weighted by Gasteiger charge is 2.44. The van der Waals surface area contributed by atoms with E-state index in [-0.39, 0.29) is 0 Å². The van der Waals surface area contributed by atoms with Gasteiger partial charge in [-0.15, -0.1) is 11.8 Å². The second kappa shape index (κ2) is 2.55. The minimum Gasteiger partial charge on any atom is -0.329 e. The van der Waals surface area contributed by atoms with Gasteiger partial charge in [0.1, 0.15) is 0 Å². The number of carbonyl (C=O) groups excluding carboxylic acids is 1. The molecule has 0 bridgehead atoms. The summed E-state index contributed by atoms with van der Waals surface area (Å²) in [6.07, 6.45) is 0.789. The summed E-state index contributed by atoms with van der Waals surface area (Å²) < 4.78 is 1.17. The van der Waals surface area contributed by atoms with E-state index < -0.39 is 0 Å². The Balaban J connectivity index is 1.99. The lowest BCUT2D eigenvalue weighted by molar-refractivity contribution is -0.140. The van der Waals surface area contributed by atoms with Gasteiger partial charge in [-0.3, -0.25) is 4.79 Å². The van der Waals surface area contributed by atoms with Gasteiger partial charge in [-0.05, 0) is 0 Å². The highest BCUT2D eigenvalue weighted by Crippen LogP contribution is 2.40. The number of nitrogens with zero attached hydrogens (tertiary/aromatic N) is 1. The highest BCUT2D eigenvalue weighted by molar-refractivity contribution is 14.1. The summed E-state index contributed by atoms with van der Waals surface area (Å²) in [6.45, 7) is 0.997. The van der Waals surface area contributed by atoms with E-state index in [4.69, 9.17) is 0 Å². The maximum atomic E-state index is 10.9. The molecule has 0 radical (unpaired) electrons. The quantitative estimate of drug-likeness (QED) is 0.403. The fourth-order valence-corrected chi connectivity index (χ4v) is 3.59. The third kappa shape index (κ3) is 0.958. The molecule has 2 aliphatic heterocycles. The van der Waals surface area contributed by atoms with Gasteiger partial charge in [0.25, 0.3) is 0 Å². The molecular weight excluding hydrogens is 261 g/mol. The Morgan fingerprint density at radius 2 is 2.60 bits per heavy atom. The predicted molar refractivity (Wildman–Crippen MR) is 50.4 cm³/mol. The second-order valence-electron chi connectivity index (χ2n) is 2.62. The van der Waals surface area contributed by atoms with Gasteiger partial charge in [0.05, 0.1) is 11.8 Å². The molecule has 0 aliphatic carbocycles. The Morgan fingerprint density at radius 1 is 1.80 bits per heavy atom.